The Labute approximate surface area is 110 Å². The molecule has 0 saturated carbocycles. The third-order valence-electron chi connectivity index (χ3n) is 3.04. The van der Waals surface area contributed by atoms with Crippen LogP contribution in [0.5, 0.6) is 0 Å². The number of ketones is 1. The summed E-state index contributed by atoms with van der Waals surface area (Å²) in [5.41, 5.74) is 2.97. The summed E-state index contributed by atoms with van der Waals surface area (Å²) in [4.78, 5) is 16.7. The Hall–Kier alpha value is -2.49. The van der Waals surface area contributed by atoms with Crippen LogP contribution in [-0.2, 0) is 7.05 Å². The van der Waals surface area contributed by atoms with E-state index < -0.39 is 0 Å². The van der Waals surface area contributed by atoms with Gasteiger partial charge in [0.25, 0.3) is 0 Å². The molecule has 0 bridgehead atoms. The summed E-state index contributed by atoms with van der Waals surface area (Å²) in [6.07, 6.45) is 1.76. The summed E-state index contributed by atoms with van der Waals surface area (Å²) in [6, 6.07) is 11.2. The smallest absolute Gasteiger partial charge is 0.213 e. The Morgan fingerprint density at radius 1 is 1.16 bits per heavy atom. The third kappa shape index (κ3) is 2.12. The van der Waals surface area contributed by atoms with Crippen LogP contribution in [0.4, 0.5) is 0 Å². The van der Waals surface area contributed by atoms with Crippen LogP contribution in [-0.4, -0.2) is 20.5 Å². The molecule has 0 N–H and O–H groups in total. The van der Waals surface area contributed by atoms with Crippen molar-refractivity contribution in [3.63, 3.8) is 0 Å². The van der Waals surface area contributed by atoms with E-state index in [0.717, 1.165) is 16.6 Å². The van der Waals surface area contributed by atoms with Gasteiger partial charge in [-0.1, -0.05) is 6.07 Å². The lowest BCUT2D eigenvalue weighted by molar-refractivity contribution is 0.103. The number of aryl methyl sites for hydroxylation is 2. The van der Waals surface area contributed by atoms with Gasteiger partial charge in [0.1, 0.15) is 5.69 Å². The second-order valence-corrected chi connectivity index (χ2v) is 4.56. The molecule has 19 heavy (non-hydrogen) atoms. The average molecular weight is 251 g/mol. The zero-order chi connectivity index (χ0) is 13.4. The van der Waals surface area contributed by atoms with Crippen molar-refractivity contribution >= 4 is 16.7 Å². The van der Waals surface area contributed by atoms with Crippen LogP contribution in [0.15, 0.2) is 42.6 Å². The van der Waals surface area contributed by atoms with Crippen molar-refractivity contribution < 1.29 is 4.79 Å². The lowest BCUT2D eigenvalue weighted by Gasteiger charge is -2.02. The molecule has 0 atom stereocenters. The number of pyridine rings is 1. The van der Waals surface area contributed by atoms with Crippen molar-refractivity contribution in [2.24, 2.45) is 7.05 Å². The molecule has 0 unspecified atom stereocenters. The van der Waals surface area contributed by atoms with Crippen molar-refractivity contribution in [1.82, 2.24) is 14.8 Å². The molecule has 2 aromatic heterocycles. The van der Waals surface area contributed by atoms with Crippen molar-refractivity contribution in [1.29, 1.82) is 0 Å². The van der Waals surface area contributed by atoms with Crippen LogP contribution in [0, 0.1) is 6.92 Å². The predicted octanol–water partition coefficient (Wildman–Crippen LogP) is 2.51. The van der Waals surface area contributed by atoms with E-state index in [0.29, 0.717) is 11.3 Å². The molecule has 4 nitrogen and oxygen atoms in total. The summed E-state index contributed by atoms with van der Waals surface area (Å²) in [6.45, 7) is 1.95. The number of rotatable bonds is 2. The van der Waals surface area contributed by atoms with Crippen LogP contribution in [0.3, 0.4) is 0 Å². The largest absolute Gasteiger partial charge is 0.287 e. The molecule has 0 aliphatic rings. The molecular formula is C15H13N3O. The standard InChI is InChI=1S/C15H13N3O/c1-10-3-4-11-9-12(5-6-13(11)16-10)15(19)14-7-8-18(2)17-14/h3-9H,1-2H3. The van der Waals surface area contributed by atoms with Crippen molar-refractivity contribution in [2.75, 3.05) is 0 Å². The molecule has 4 heteroatoms. The van der Waals surface area contributed by atoms with Crippen molar-refractivity contribution in [3.05, 3.63) is 59.5 Å². The SMILES string of the molecule is Cc1ccc2cc(C(=O)c3ccn(C)n3)ccc2n1. The molecule has 1 aromatic carbocycles. The first-order valence-corrected chi connectivity index (χ1v) is 6.05. The minimum atomic E-state index is -0.0666. The van der Waals surface area contributed by atoms with Gasteiger partial charge in [-0.2, -0.15) is 5.10 Å². The van der Waals surface area contributed by atoms with Gasteiger partial charge in [0.2, 0.25) is 5.78 Å². The van der Waals surface area contributed by atoms with Crippen molar-refractivity contribution in [2.45, 2.75) is 6.92 Å². The van der Waals surface area contributed by atoms with Crippen LogP contribution < -0.4 is 0 Å². The monoisotopic (exact) mass is 251 g/mol. The number of fused-ring (bicyclic) bond motifs is 1. The minimum absolute atomic E-state index is 0.0666. The number of hydrogen-bond donors (Lipinski definition) is 0. The fourth-order valence-corrected chi connectivity index (χ4v) is 2.05. The molecule has 0 aliphatic heterocycles. The third-order valence-corrected chi connectivity index (χ3v) is 3.04. The minimum Gasteiger partial charge on any atom is -0.287 e. The maximum absolute atomic E-state index is 12.3. The van der Waals surface area contributed by atoms with Gasteiger partial charge in [0.05, 0.1) is 5.52 Å². The molecule has 3 aromatic rings. The maximum atomic E-state index is 12.3. The topological polar surface area (TPSA) is 47.8 Å². The molecule has 0 fully saturated rings. The van der Waals surface area contributed by atoms with E-state index in [4.69, 9.17) is 0 Å². The van der Waals surface area contributed by atoms with Gasteiger partial charge in [0, 0.05) is 29.9 Å². The maximum Gasteiger partial charge on any atom is 0.213 e. The molecular weight excluding hydrogens is 238 g/mol. The number of nitrogens with zero attached hydrogens (tertiary/aromatic N) is 3. The van der Waals surface area contributed by atoms with E-state index in [1.807, 2.05) is 31.2 Å². The summed E-state index contributed by atoms with van der Waals surface area (Å²) in [7, 11) is 1.80. The number of carbonyl (C=O) groups excluding carboxylic acids is 1. The normalized spacial score (nSPS) is 10.8. The summed E-state index contributed by atoms with van der Waals surface area (Å²) in [5, 5.41) is 5.10. The van der Waals surface area contributed by atoms with Gasteiger partial charge >= 0.3 is 0 Å². The molecule has 2 heterocycles. The Bertz CT molecular complexity index is 774. The Morgan fingerprint density at radius 3 is 2.74 bits per heavy atom. The second-order valence-electron chi connectivity index (χ2n) is 4.56. The van der Waals surface area contributed by atoms with E-state index in [1.54, 1.807) is 30.1 Å². The van der Waals surface area contributed by atoms with Crippen LogP contribution in [0.2, 0.25) is 0 Å². The fourth-order valence-electron chi connectivity index (χ4n) is 2.05. The Balaban J connectivity index is 2.06. The number of carbonyl (C=O) groups is 1. The van der Waals surface area contributed by atoms with Gasteiger partial charge in [-0.3, -0.25) is 14.5 Å². The van der Waals surface area contributed by atoms with Gasteiger partial charge in [0.15, 0.2) is 0 Å². The van der Waals surface area contributed by atoms with E-state index >= 15 is 0 Å². The highest BCUT2D eigenvalue weighted by atomic mass is 16.1. The molecule has 3 rings (SSSR count). The van der Waals surface area contributed by atoms with Crippen molar-refractivity contribution in [3.8, 4) is 0 Å². The van der Waals surface area contributed by atoms with E-state index in [2.05, 4.69) is 10.1 Å². The van der Waals surface area contributed by atoms with Crippen LogP contribution in [0.1, 0.15) is 21.7 Å². The van der Waals surface area contributed by atoms with E-state index in [9.17, 15) is 4.79 Å². The highest BCUT2D eigenvalue weighted by Crippen LogP contribution is 2.17. The number of benzene rings is 1. The summed E-state index contributed by atoms with van der Waals surface area (Å²) < 4.78 is 1.62. The number of hydrogen-bond acceptors (Lipinski definition) is 3. The first kappa shape index (κ1) is 11.6. The molecule has 0 radical (unpaired) electrons. The first-order chi connectivity index (χ1) is 9.13. The first-order valence-electron chi connectivity index (χ1n) is 6.05. The van der Waals surface area contributed by atoms with Gasteiger partial charge in [-0.05, 0) is 37.3 Å². The molecule has 0 amide bonds. The quantitative estimate of drug-likeness (QED) is 0.657. The van der Waals surface area contributed by atoms with E-state index in [1.165, 1.54) is 0 Å². The highest BCUT2D eigenvalue weighted by Gasteiger charge is 2.12. The summed E-state index contributed by atoms with van der Waals surface area (Å²) >= 11 is 0. The predicted molar refractivity (Wildman–Crippen MR) is 73.1 cm³/mol. The zero-order valence-corrected chi connectivity index (χ0v) is 10.8. The average Bonchev–Trinajstić information content (AvgIpc) is 2.84. The zero-order valence-electron chi connectivity index (χ0n) is 10.8. The lowest BCUT2D eigenvalue weighted by Crippen LogP contribution is -2.03. The Kier molecular flexibility index (Phi) is 2.63. The van der Waals surface area contributed by atoms with Gasteiger partial charge in [-0.15, -0.1) is 0 Å². The van der Waals surface area contributed by atoms with Gasteiger partial charge in [-0.25, -0.2) is 0 Å². The number of aromatic nitrogens is 3. The van der Waals surface area contributed by atoms with Crippen LogP contribution in [0.25, 0.3) is 10.9 Å². The molecule has 0 aliphatic carbocycles. The van der Waals surface area contributed by atoms with Crippen LogP contribution >= 0.6 is 0 Å². The molecule has 94 valence electrons. The second kappa shape index (κ2) is 4.31. The summed E-state index contributed by atoms with van der Waals surface area (Å²) in [5.74, 6) is -0.0666. The molecule has 0 spiro atoms. The van der Waals surface area contributed by atoms with Gasteiger partial charge < -0.3 is 0 Å². The Morgan fingerprint density at radius 2 is 2.00 bits per heavy atom. The van der Waals surface area contributed by atoms with E-state index in [-0.39, 0.29) is 5.78 Å². The fraction of sp³-hybridized carbons (Fsp3) is 0.133. The molecule has 0 saturated heterocycles. The lowest BCUT2D eigenvalue weighted by atomic mass is 10.1. The highest BCUT2D eigenvalue weighted by molar-refractivity contribution is 6.09.